The molecule has 1 aromatic heterocycles. The summed E-state index contributed by atoms with van der Waals surface area (Å²) >= 11 is 0. The van der Waals surface area contributed by atoms with Crippen LogP contribution in [0, 0.1) is 5.92 Å². The third-order valence-electron chi connectivity index (χ3n) is 2.52. The highest BCUT2D eigenvalue weighted by atomic mass is 14.7. The van der Waals surface area contributed by atoms with E-state index >= 15 is 0 Å². The molecular formula is C13H15N. The van der Waals surface area contributed by atoms with Gasteiger partial charge in [-0.3, -0.25) is 4.98 Å². The number of hydrogen-bond acceptors (Lipinski definition) is 1. The van der Waals surface area contributed by atoms with Gasteiger partial charge in [0.05, 0.1) is 0 Å². The minimum Gasteiger partial charge on any atom is -0.261 e. The van der Waals surface area contributed by atoms with E-state index in [9.17, 15) is 0 Å². The third kappa shape index (κ3) is 2.56. The molecule has 2 rings (SSSR count). The van der Waals surface area contributed by atoms with Crippen molar-refractivity contribution in [2.75, 3.05) is 0 Å². The van der Waals surface area contributed by atoms with Gasteiger partial charge >= 0.3 is 0 Å². The number of rotatable bonds is 4. The van der Waals surface area contributed by atoms with E-state index in [0.29, 0.717) is 5.92 Å². The lowest BCUT2D eigenvalue weighted by atomic mass is 10.0. The Hall–Kier alpha value is -1.37. The largest absolute Gasteiger partial charge is 0.261 e. The van der Waals surface area contributed by atoms with Crippen LogP contribution in [0.2, 0.25) is 0 Å². The maximum Gasteiger partial charge on any atom is 0.0403 e. The van der Waals surface area contributed by atoms with Gasteiger partial charge in [-0.15, -0.1) is 0 Å². The Kier molecular flexibility index (Phi) is 3.12. The zero-order valence-corrected chi connectivity index (χ0v) is 8.26. The Bertz CT molecular complexity index is 312. The first-order valence-corrected chi connectivity index (χ1v) is 5.20. The second kappa shape index (κ2) is 4.75. The Morgan fingerprint density at radius 2 is 2.00 bits per heavy atom. The summed E-state index contributed by atoms with van der Waals surface area (Å²) in [6.07, 6.45) is 14.2. The summed E-state index contributed by atoms with van der Waals surface area (Å²) in [6, 6.07) is 6.12. The highest BCUT2D eigenvalue weighted by molar-refractivity contribution is 5.17. The van der Waals surface area contributed by atoms with Gasteiger partial charge in [-0.05, 0) is 37.3 Å². The SMILES string of the molecule is C1=CC(CCCc2ccccn2)C=C1. The van der Waals surface area contributed by atoms with E-state index < -0.39 is 0 Å². The average molecular weight is 185 g/mol. The average Bonchev–Trinajstić information content (AvgIpc) is 2.72. The van der Waals surface area contributed by atoms with Crippen LogP contribution in [-0.2, 0) is 6.42 Å². The molecule has 1 nitrogen and oxygen atoms in total. The third-order valence-corrected chi connectivity index (χ3v) is 2.52. The second-order valence-corrected chi connectivity index (χ2v) is 3.65. The molecule has 1 aliphatic rings. The molecule has 0 N–H and O–H groups in total. The lowest BCUT2D eigenvalue weighted by Gasteiger charge is -2.04. The molecule has 0 radical (unpaired) electrons. The monoisotopic (exact) mass is 185 g/mol. The van der Waals surface area contributed by atoms with Crippen molar-refractivity contribution in [2.45, 2.75) is 19.3 Å². The maximum absolute atomic E-state index is 4.31. The van der Waals surface area contributed by atoms with Crippen LogP contribution in [0.4, 0.5) is 0 Å². The fourth-order valence-electron chi connectivity index (χ4n) is 1.74. The molecule has 1 aromatic rings. The van der Waals surface area contributed by atoms with Crippen LogP contribution in [0.25, 0.3) is 0 Å². The van der Waals surface area contributed by atoms with Gasteiger partial charge in [0.25, 0.3) is 0 Å². The van der Waals surface area contributed by atoms with Crippen molar-refractivity contribution in [1.82, 2.24) is 4.98 Å². The fraction of sp³-hybridized carbons (Fsp3) is 0.308. The van der Waals surface area contributed by atoms with Gasteiger partial charge < -0.3 is 0 Å². The van der Waals surface area contributed by atoms with Gasteiger partial charge in [0.2, 0.25) is 0 Å². The topological polar surface area (TPSA) is 12.9 Å². The van der Waals surface area contributed by atoms with E-state index in [1.54, 1.807) is 0 Å². The summed E-state index contributed by atoms with van der Waals surface area (Å²) in [5.41, 5.74) is 1.21. The zero-order chi connectivity index (χ0) is 9.64. The first-order valence-electron chi connectivity index (χ1n) is 5.20. The number of aromatic nitrogens is 1. The summed E-state index contributed by atoms with van der Waals surface area (Å²) in [7, 11) is 0. The lowest BCUT2D eigenvalue weighted by molar-refractivity contribution is 0.652. The standard InChI is InChI=1S/C13H15N/c1-2-7-12(6-1)8-5-10-13-9-3-4-11-14-13/h1-4,6-7,9,11-12H,5,8,10H2. The van der Waals surface area contributed by atoms with E-state index in [0.717, 1.165) is 6.42 Å². The number of pyridine rings is 1. The van der Waals surface area contributed by atoms with E-state index in [2.05, 4.69) is 41.4 Å². The highest BCUT2D eigenvalue weighted by Crippen LogP contribution is 2.16. The normalized spacial score (nSPS) is 15.1. The van der Waals surface area contributed by atoms with Crippen molar-refractivity contribution in [3.05, 3.63) is 54.4 Å². The van der Waals surface area contributed by atoms with Crippen LogP contribution < -0.4 is 0 Å². The Balaban J connectivity index is 1.73. The van der Waals surface area contributed by atoms with Gasteiger partial charge in [-0.1, -0.05) is 30.4 Å². The van der Waals surface area contributed by atoms with Gasteiger partial charge in [-0.25, -0.2) is 0 Å². The zero-order valence-electron chi connectivity index (χ0n) is 8.26. The van der Waals surface area contributed by atoms with E-state index in [1.807, 2.05) is 12.3 Å². The molecule has 0 spiro atoms. The molecule has 0 aromatic carbocycles. The lowest BCUT2D eigenvalue weighted by Crippen LogP contribution is -1.93. The van der Waals surface area contributed by atoms with E-state index in [1.165, 1.54) is 18.5 Å². The number of hydrogen-bond donors (Lipinski definition) is 0. The van der Waals surface area contributed by atoms with Gasteiger partial charge in [0, 0.05) is 11.9 Å². The number of allylic oxidation sites excluding steroid dienone is 4. The molecule has 72 valence electrons. The number of aryl methyl sites for hydroxylation is 1. The summed E-state index contributed by atoms with van der Waals surface area (Å²) < 4.78 is 0. The molecule has 1 heterocycles. The van der Waals surface area contributed by atoms with Crippen molar-refractivity contribution in [2.24, 2.45) is 5.92 Å². The van der Waals surface area contributed by atoms with Gasteiger partial charge in [0.1, 0.15) is 0 Å². The maximum atomic E-state index is 4.31. The second-order valence-electron chi connectivity index (χ2n) is 3.65. The highest BCUT2D eigenvalue weighted by Gasteiger charge is 2.03. The number of nitrogens with zero attached hydrogens (tertiary/aromatic N) is 1. The predicted octanol–water partition coefficient (Wildman–Crippen LogP) is 3.15. The Morgan fingerprint density at radius 1 is 1.14 bits per heavy atom. The molecule has 0 saturated carbocycles. The van der Waals surface area contributed by atoms with Crippen molar-refractivity contribution < 1.29 is 0 Å². The summed E-state index contributed by atoms with van der Waals surface area (Å²) in [6.45, 7) is 0. The smallest absolute Gasteiger partial charge is 0.0403 e. The molecule has 0 saturated heterocycles. The molecule has 0 unspecified atom stereocenters. The van der Waals surface area contributed by atoms with Crippen LogP contribution in [0.15, 0.2) is 48.7 Å². The van der Waals surface area contributed by atoms with Crippen molar-refractivity contribution in [3.8, 4) is 0 Å². The van der Waals surface area contributed by atoms with E-state index in [-0.39, 0.29) is 0 Å². The van der Waals surface area contributed by atoms with Crippen LogP contribution in [-0.4, -0.2) is 4.98 Å². The molecule has 0 fully saturated rings. The predicted molar refractivity (Wildman–Crippen MR) is 58.9 cm³/mol. The van der Waals surface area contributed by atoms with Crippen LogP contribution in [0.5, 0.6) is 0 Å². The van der Waals surface area contributed by atoms with Crippen LogP contribution >= 0.6 is 0 Å². The quantitative estimate of drug-likeness (QED) is 0.702. The van der Waals surface area contributed by atoms with Crippen LogP contribution in [0.3, 0.4) is 0 Å². The first kappa shape index (κ1) is 9.20. The summed E-state index contributed by atoms with van der Waals surface area (Å²) in [4.78, 5) is 4.31. The van der Waals surface area contributed by atoms with Crippen LogP contribution in [0.1, 0.15) is 18.5 Å². The molecule has 1 heteroatoms. The van der Waals surface area contributed by atoms with Crippen molar-refractivity contribution in [3.63, 3.8) is 0 Å². The molecule has 1 aliphatic carbocycles. The fourth-order valence-corrected chi connectivity index (χ4v) is 1.74. The van der Waals surface area contributed by atoms with E-state index in [4.69, 9.17) is 0 Å². The molecule has 0 bridgehead atoms. The molecule has 14 heavy (non-hydrogen) atoms. The minimum absolute atomic E-state index is 0.665. The molecule has 0 aliphatic heterocycles. The minimum atomic E-state index is 0.665. The molecular weight excluding hydrogens is 170 g/mol. The molecule has 0 amide bonds. The van der Waals surface area contributed by atoms with Gasteiger partial charge in [-0.2, -0.15) is 0 Å². The summed E-state index contributed by atoms with van der Waals surface area (Å²) in [5.74, 6) is 0.665. The first-order chi connectivity index (χ1) is 6.95. The Labute approximate surface area is 85.2 Å². The molecule has 0 atom stereocenters. The summed E-state index contributed by atoms with van der Waals surface area (Å²) in [5, 5.41) is 0. The van der Waals surface area contributed by atoms with Crippen molar-refractivity contribution in [1.29, 1.82) is 0 Å². The Morgan fingerprint density at radius 3 is 2.71 bits per heavy atom. The van der Waals surface area contributed by atoms with Crippen molar-refractivity contribution >= 4 is 0 Å². The van der Waals surface area contributed by atoms with Gasteiger partial charge in [0.15, 0.2) is 0 Å².